The van der Waals surface area contributed by atoms with Crippen molar-refractivity contribution in [1.29, 1.82) is 0 Å². The number of hydrogen-bond donors (Lipinski definition) is 0. The zero-order valence-corrected chi connectivity index (χ0v) is 10.1. The fourth-order valence-electron chi connectivity index (χ4n) is 1.51. The maximum atomic E-state index is 5.90. The Morgan fingerprint density at radius 2 is 1.35 bits per heavy atom. The molecule has 0 aliphatic heterocycles. The first-order valence-electron chi connectivity index (χ1n) is 5.50. The van der Waals surface area contributed by atoms with Gasteiger partial charge in [0.15, 0.2) is 0 Å². The average molecular weight is 241 g/mol. The first-order valence-corrected chi connectivity index (χ1v) is 5.88. The van der Waals surface area contributed by atoms with Crippen LogP contribution in [0.4, 0.5) is 0 Å². The van der Waals surface area contributed by atoms with Gasteiger partial charge in [-0.15, -0.1) is 0 Å². The van der Waals surface area contributed by atoms with Crippen LogP contribution in [0.1, 0.15) is 11.1 Å². The number of hydrogen-bond acceptors (Lipinski definition) is 0. The van der Waals surface area contributed by atoms with E-state index >= 15 is 0 Å². The molecule has 2 rings (SSSR count). The zero-order chi connectivity index (χ0) is 11.9. The topological polar surface area (TPSA) is 0 Å². The number of benzene rings is 2. The van der Waals surface area contributed by atoms with E-state index in [-0.39, 0.29) is 0 Å². The molecule has 0 radical (unpaired) electrons. The SMILES string of the molecule is Clc1cccc(C=CC=Cc2ccccc2)c1. The van der Waals surface area contributed by atoms with Crippen LogP contribution in [-0.2, 0) is 0 Å². The van der Waals surface area contributed by atoms with Crippen molar-refractivity contribution >= 4 is 23.8 Å². The molecule has 0 heterocycles. The second kappa shape index (κ2) is 6.07. The van der Waals surface area contributed by atoms with E-state index in [1.165, 1.54) is 5.56 Å². The van der Waals surface area contributed by atoms with Gasteiger partial charge in [-0.3, -0.25) is 0 Å². The Kier molecular flexibility index (Phi) is 4.17. The van der Waals surface area contributed by atoms with Gasteiger partial charge >= 0.3 is 0 Å². The monoisotopic (exact) mass is 240 g/mol. The Hall–Kier alpha value is -1.79. The van der Waals surface area contributed by atoms with Gasteiger partial charge < -0.3 is 0 Å². The van der Waals surface area contributed by atoms with Crippen molar-refractivity contribution in [3.63, 3.8) is 0 Å². The van der Waals surface area contributed by atoms with Gasteiger partial charge in [-0.2, -0.15) is 0 Å². The highest BCUT2D eigenvalue weighted by molar-refractivity contribution is 6.30. The van der Waals surface area contributed by atoms with E-state index in [2.05, 4.69) is 18.2 Å². The van der Waals surface area contributed by atoms with Crippen LogP contribution in [0, 0.1) is 0 Å². The summed E-state index contributed by atoms with van der Waals surface area (Å²) in [4.78, 5) is 0. The largest absolute Gasteiger partial charge is 0.0843 e. The van der Waals surface area contributed by atoms with Crippen LogP contribution in [-0.4, -0.2) is 0 Å². The summed E-state index contributed by atoms with van der Waals surface area (Å²) in [6.45, 7) is 0. The molecule has 84 valence electrons. The summed E-state index contributed by atoms with van der Waals surface area (Å²) in [5, 5.41) is 0.763. The molecule has 1 heteroatoms. The molecule has 0 spiro atoms. The smallest absolute Gasteiger partial charge is 0.0411 e. The second-order valence-corrected chi connectivity index (χ2v) is 4.12. The van der Waals surface area contributed by atoms with Crippen molar-refractivity contribution in [2.45, 2.75) is 0 Å². The van der Waals surface area contributed by atoms with Crippen molar-refractivity contribution < 1.29 is 0 Å². The predicted molar refractivity (Wildman–Crippen MR) is 76.0 cm³/mol. The van der Waals surface area contributed by atoms with E-state index in [0.29, 0.717) is 0 Å². The van der Waals surface area contributed by atoms with Crippen LogP contribution in [0.15, 0.2) is 66.7 Å². The molecule has 0 nitrogen and oxygen atoms in total. The maximum absolute atomic E-state index is 5.90. The summed E-state index contributed by atoms with van der Waals surface area (Å²) in [5.41, 5.74) is 2.30. The molecule has 0 bridgehead atoms. The molecule has 17 heavy (non-hydrogen) atoms. The molecule has 0 amide bonds. The Labute approximate surface area is 107 Å². The second-order valence-electron chi connectivity index (χ2n) is 3.68. The van der Waals surface area contributed by atoms with Gasteiger partial charge in [-0.05, 0) is 23.3 Å². The van der Waals surface area contributed by atoms with E-state index in [1.54, 1.807) is 0 Å². The van der Waals surface area contributed by atoms with Crippen LogP contribution in [0.5, 0.6) is 0 Å². The van der Waals surface area contributed by atoms with Crippen molar-refractivity contribution in [2.75, 3.05) is 0 Å². The van der Waals surface area contributed by atoms with Crippen molar-refractivity contribution in [3.8, 4) is 0 Å². The maximum Gasteiger partial charge on any atom is 0.0411 e. The number of rotatable bonds is 3. The van der Waals surface area contributed by atoms with Gasteiger partial charge in [0.1, 0.15) is 0 Å². The normalized spacial score (nSPS) is 11.4. The molecular weight excluding hydrogens is 228 g/mol. The summed E-state index contributed by atoms with van der Waals surface area (Å²) in [7, 11) is 0. The molecule has 0 unspecified atom stereocenters. The predicted octanol–water partition coefficient (Wildman–Crippen LogP) is 5.07. The first kappa shape index (κ1) is 11.7. The molecule has 2 aromatic carbocycles. The summed E-state index contributed by atoms with van der Waals surface area (Å²) in [6, 6.07) is 18.0. The molecular formula is C16H13Cl. The Balaban J connectivity index is 2.01. The van der Waals surface area contributed by atoms with Gasteiger partial charge in [0, 0.05) is 5.02 Å². The van der Waals surface area contributed by atoms with Crippen LogP contribution in [0.3, 0.4) is 0 Å². The molecule has 0 saturated carbocycles. The lowest BCUT2D eigenvalue weighted by Crippen LogP contribution is -1.70. The molecule has 0 aliphatic carbocycles. The van der Waals surface area contributed by atoms with E-state index in [0.717, 1.165) is 10.6 Å². The quantitative estimate of drug-likeness (QED) is 0.658. The van der Waals surface area contributed by atoms with Gasteiger partial charge in [0.25, 0.3) is 0 Å². The van der Waals surface area contributed by atoms with Crippen molar-refractivity contribution in [2.24, 2.45) is 0 Å². The lowest BCUT2D eigenvalue weighted by Gasteiger charge is -1.92. The Morgan fingerprint density at radius 3 is 2.06 bits per heavy atom. The summed E-state index contributed by atoms with van der Waals surface area (Å²) >= 11 is 5.90. The highest BCUT2D eigenvalue weighted by atomic mass is 35.5. The van der Waals surface area contributed by atoms with E-state index < -0.39 is 0 Å². The molecule has 0 fully saturated rings. The lowest BCUT2D eigenvalue weighted by atomic mass is 10.2. The van der Waals surface area contributed by atoms with E-state index in [1.807, 2.05) is 60.7 Å². The van der Waals surface area contributed by atoms with Gasteiger partial charge in [0.2, 0.25) is 0 Å². The molecule has 0 N–H and O–H groups in total. The van der Waals surface area contributed by atoms with Crippen LogP contribution < -0.4 is 0 Å². The third-order valence-electron chi connectivity index (χ3n) is 2.34. The van der Waals surface area contributed by atoms with Crippen LogP contribution in [0.2, 0.25) is 5.02 Å². The van der Waals surface area contributed by atoms with Crippen LogP contribution in [0.25, 0.3) is 12.2 Å². The first-order chi connectivity index (χ1) is 8.34. The highest BCUT2D eigenvalue weighted by Crippen LogP contribution is 2.12. The lowest BCUT2D eigenvalue weighted by molar-refractivity contribution is 1.65. The Morgan fingerprint density at radius 1 is 0.706 bits per heavy atom. The third-order valence-corrected chi connectivity index (χ3v) is 2.57. The number of halogens is 1. The molecule has 0 aliphatic rings. The van der Waals surface area contributed by atoms with E-state index in [4.69, 9.17) is 11.6 Å². The van der Waals surface area contributed by atoms with Crippen LogP contribution >= 0.6 is 11.6 Å². The van der Waals surface area contributed by atoms with Gasteiger partial charge in [0.05, 0.1) is 0 Å². The highest BCUT2D eigenvalue weighted by Gasteiger charge is 1.87. The Bertz CT molecular complexity index is 524. The third kappa shape index (κ3) is 3.93. The van der Waals surface area contributed by atoms with Crippen molar-refractivity contribution in [3.05, 3.63) is 82.9 Å². The van der Waals surface area contributed by atoms with Gasteiger partial charge in [-0.1, -0.05) is 78.4 Å². The fraction of sp³-hybridized carbons (Fsp3) is 0. The molecule has 0 saturated heterocycles. The standard InChI is InChI=1S/C16H13Cl/c17-16-12-6-11-15(13-16)10-5-4-9-14-7-2-1-3-8-14/h1-13H. The minimum Gasteiger partial charge on any atom is -0.0843 e. The minimum absolute atomic E-state index is 0.763. The zero-order valence-electron chi connectivity index (χ0n) is 9.38. The summed E-state index contributed by atoms with van der Waals surface area (Å²) in [5.74, 6) is 0. The van der Waals surface area contributed by atoms with E-state index in [9.17, 15) is 0 Å². The summed E-state index contributed by atoms with van der Waals surface area (Å²) in [6.07, 6.45) is 8.14. The number of allylic oxidation sites excluding steroid dienone is 2. The minimum atomic E-state index is 0.763. The average Bonchev–Trinajstić information content (AvgIpc) is 2.36. The summed E-state index contributed by atoms with van der Waals surface area (Å²) < 4.78 is 0. The van der Waals surface area contributed by atoms with Crippen molar-refractivity contribution in [1.82, 2.24) is 0 Å². The molecule has 2 aromatic rings. The fourth-order valence-corrected chi connectivity index (χ4v) is 1.71. The molecule has 0 atom stereocenters. The molecule has 0 aromatic heterocycles. The van der Waals surface area contributed by atoms with Gasteiger partial charge in [-0.25, -0.2) is 0 Å².